The highest BCUT2D eigenvalue weighted by molar-refractivity contribution is 6.31. The number of anilines is 1. The van der Waals surface area contributed by atoms with Crippen LogP contribution in [0.3, 0.4) is 0 Å². The fraction of sp³-hybridized carbons (Fsp3) is 0.429. The molecule has 1 atom stereocenters. The monoisotopic (exact) mass is 471 g/mol. The van der Waals surface area contributed by atoms with Gasteiger partial charge in [0.15, 0.2) is 0 Å². The van der Waals surface area contributed by atoms with E-state index >= 15 is 0 Å². The van der Waals surface area contributed by atoms with Crippen molar-refractivity contribution in [3.63, 3.8) is 0 Å². The summed E-state index contributed by atoms with van der Waals surface area (Å²) in [6, 6.07) is 11.4. The van der Waals surface area contributed by atoms with Crippen LogP contribution in [0.25, 0.3) is 0 Å². The first kappa shape index (κ1) is 24.7. The number of piperazine rings is 2. The largest absolute Gasteiger partial charge is 0.354 e. The Bertz CT molecular complexity index is 845. The van der Waals surface area contributed by atoms with Gasteiger partial charge >= 0.3 is 0 Å². The van der Waals surface area contributed by atoms with Crippen LogP contribution in [0.1, 0.15) is 22.0 Å². The molecule has 0 saturated carbocycles. The van der Waals surface area contributed by atoms with Crippen molar-refractivity contribution in [3.8, 4) is 0 Å². The zero-order valence-electron chi connectivity index (χ0n) is 17.0. The smallest absolute Gasteiger partial charge is 0.254 e. The Morgan fingerprint density at radius 3 is 2.57 bits per heavy atom. The van der Waals surface area contributed by atoms with E-state index in [0.29, 0.717) is 23.7 Å². The maximum atomic E-state index is 13.4. The van der Waals surface area contributed by atoms with Crippen LogP contribution in [0.2, 0.25) is 5.02 Å². The number of likely N-dealkylation sites (N-methyl/N-ethyl adjacent to an activating group) is 1. The van der Waals surface area contributed by atoms with Gasteiger partial charge < -0.3 is 20.0 Å². The minimum Gasteiger partial charge on any atom is -0.354 e. The maximum absolute atomic E-state index is 13.4. The molecule has 2 saturated heterocycles. The van der Waals surface area contributed by atoms with E-state index in [1.807, 2.05) is 41.3 Å². The van der Waals surface area contributed by atoms with E-state index in [-0.39, 0.29) is 36.8 Å². The van der Waals surface area contributed by atoms with Crippen molar-refractivity contribution in [2.75, 3.05) is 57.8 Å². The summed E-state index contributed by atoms with van der Waals surface area (Å²) in [5.41, 5.74) is 1.67. The van der Waals surface area contributed by atoms with Crippen LogP contribution < -0.4 is 10.2 Å². The summed E-state index contributed by atoms with van der Waals surface area (Å²) < 4.78 is 0. The first-order chi connectivity index (χ1) is 13.6. The summed E-state index contributed by atoms with van der Waals surface area (Å²) in [4.78, 5) is 24.4. The molecule has 4 rings (SSSR count). The van der Waals surface area contributed by atoms with E-state index < -0.39 is 0 Å². The lowest BCUT2D eigenvalue weighted by Crippen LogP contribution is -2.49. The van der Waals surface area contributed by atoms with Crippen LogP contribution in [0, 0.1) is 0 Å². The van der Waals surface area contributed by atoms with Gasteiger partial charge in [-0.15, -0.1) is 24.8 Å². The summed E-state index contributed by atoms with van der Waals surface area (Å²) in [7, 11) is 2.13. The summed E-state index contributed by atoms with van der Waals surface area (Å²) in [5.74, 6) is 0.910. The molecule has 2 aliphatic heterocycles. The van der Waals surface area contributed by atoms with Crippen molar-refractivity contribution in [2.45, 2.75) is 6.04 Å². The quantitative estimate of drug-likeness (QED) is 0.744. The number of halogens is 3. The van der Waals surface area contributed by atoms with E-state index in [1.54, 1.807) is 6.20 Å². The Balaban J connectivity index is 0.00000160. The molecule has 2 fully saturated rings. The van der Waals surface area contributed by atoms with Gasteiger partial charge in [0.05, 0.1) is 6.04 Å². The number of carbonyl (C=O) groups is 1. The van der Waals surface area contributed by atoms with Gasteiger partial charge in [0.2, 0.25) is 0 Å². The Morgan fingerprint density at radius 2 is 1.83 bits per heavy atom. The predicted molar refractivity (Wildman–Crippen MR) is 127 cm³/mol. The van der Waals surface area contributed by atoms with Crippen molar-refractivity contribution in [1.29, 1.82) is 0 Å². The number of nitrogens with zero attached hydrogens (tertiary/aromatic N) is 4. The highest BCUT2D eigenvalue weighted by Crippen LogP contribution is 2.30. The fourth-order valence-electron chi connectivity index (χ4n) is 3.90. The average molecular weight is 473 g/mol. The second kappa shape index (κ2) is 11.2. The van der Waals surface area contributed by atoms with Gasteiger partial charge in [0.1, 0.15) is 5.82 Å². The van der Waals surface area contributed by atoms with Crippen molar-refractivity contribution >= 4 is 48.1 Å². The second-order valence-corrected chi connectivity index (χ2v) is 7.84. The van der Waals surface area contributed by atoms with E-state index in [0.717, 1.165) is 44.1 Å². The van der Waals surface area contributed by atoms with E-state index in [4.69, 9.17) is 11.6 Å². The lowest BCUT2D eigenvalue weighted by molar-refractivity contribution is 0.0634. The predicted octanol–water partition coefficient (Wildman–Crippen LogP) is 3.12. The van der Waals surface area contributed by atoms with E-state index in [9.17, 15) is 4.79 Å². The van der Waals surface area contributed by atoms with Gasteiger partial charge in [-0.1, -0.05) is 29.8 Å². The molecule has 1 amide bonds. The number of aromatic nitrogens is 1. The van der Waals surface area contributed by atoms with Crippen molar-refractivity contribution in [3.05, 3.63) is 58.7 Å². The summed E-state index contributed by atoms with van der Waals surface area (Å²) in [5, 5.41) is 4.08. The molecule has 1 aromatic carbocycles. The molecule has 6 nitrogen and oxygen atoms in total. The van der Waals surface area contributed by atoms with Gasteiger partial charge in [-0.05, 0) is 30.8 Å². The number of hydrogen-bond acceptors (Lipinski definition) is 5. The van der Waals surface area contributed by atoms with Crippen LogP contribution >= 0.6 is 36.4 Å². The Morgan fingerprint density at radius 1 is 1.10 bits per heavy atom. The van der Waals surface area contributed by atoms with Crippen LogP contribution in [-0.4, -0.2) is 73.6 Å². The lowest BCUT2D eigenvalue weighted by atomic mass is 10.0. The first-order valence-electron chi connectivity index (χ1n) is 9.79. The van der Waals surface area contributed by atoms with Gasteiger partial charge in [-0.2, -0.15) is 0 Å². The Hall–Kier alpha value is -1.57. The van der Waals surface area contributed by atoms with Crippen molar-refractivity contribution in [1.82, 2.24) is 20.1 Å². The number of hydrogen-bond donors (Lipinski definition) is 1. The van der Waals surface area contributed by atoms with Gasteiger partial charge in [0.25, 0.3) is 5.91 Å². The van der Waals surface area contributed by atoms with Gasteiger partial charge in [-0.3, -0.25) is 4.79 Å². The molecule has 1 unspecified atom stereocenters. The standard InChI is InChI=1S/C21H26ClN5O.2ClH/c1-25-10-12-26(13-11-25)20-14-16(6-7-24-20)21(28)27-9-8-23-15-19(27)17-4-2-3-5-18(17)22;;/h2-7,14,19,23H,8-13,15H2,1H3;2*1H. The molecule has 0 bridgehead atoms. The summed E-state index contributed by atoms with van der Waals surface area (Å²) >= 11 is 6.43. The van der Waals surface area contributed by atoms with Crippen molar-refractivity contribution in [2.24, 2.45) is 0 Å². The van der Waals surface area contributed by atoms with Crippen LogP contribution in [0.5, 0.6) is 0 Å². The van der Waals surface area contributed by atoms with Gasteiger partial charge in [-0.25, -0.2) is 4.98 Å². The molecular formula is C21H28Cl3N5O. The number of rotatable bonds is 3. The van der Waals surface area contributed by atoms with E-state index in [1.165, 1.54) is 0 Å². The van der Waals surface area contributed by atoms with Crippen LogP contribution in [-0.2, 0) is 0 Å². The van der Waals surface area contributed by atoms with Crippen LogP contribution in [0.15, 0.2) is 42.6 Å². The second-order valence-electron chi connectivity index (χ2n) is 7.43. The molecular weight excluding hydrogens is 445 g/mol. The van der Waals surface area contributed by atoms with Gasteiger partial charge in [0, 0.05) is 62.6 Å². The normalized spacial score (nSPS) is 19.6. The topological polar surface area (TPSA) is 51.7 Å². The number of amides is 1. The Kier molecular flexibility index (Phi) is 9.19. The lowest BCUT2D eigenvalue weighted by Gasteiger charge is -2.37. The molecule has 0 aliphatic carbocycles. The molecule has 164 valence electrons. The first-order valence-corrected chi connectivity index (χ1v) is 10.2. The van der Waals surface area contributed by atoms with E-state index in [2.05, 4.69) is 27.1 Å². The minimum atomic E-state index is -0.0739. The highest BCUT2D eigenvalue weighted by Gasteiger charge is 2.30. The molecule has 0 spiro atoms. The maximum Gasteiger partial charge on any atom is 0.254 e. The zero-order chi connectivity index (χ0) is 19.5. The van der Waals surface area contributed by atoms with Crippen molar-refractivity contribution < 1.29 is 4.79 Å². The molecule has 2 aromatic rings. The molecule has 1 N–H and O–H groups in total. The minimum absolute atomic E-state index is 0. The number of pyridine rings is 1. The third kappa shape index (κ3) is 5.37. The summed E-state index contributed by atoms with van der Waals surface area (Å²) in [6.07, 6.45) is 1.74. The molecule has 9 heteroatoms. The molecule has 2 aliphatic rings. The SMILES string of the molecule is CN1CCN(c2cc(C(=O)N3CCNCC3c3ccccc3Cl)ccn2)CC1.Cl.Cl. The highest BCUT2D eigenvalue weighted by atomic mass is 35.5. The number of nitrogens with one attached hydrogen (secondary N) is 1. The number of benzene rings is 1. The molecule has 0 radical (unpaired) electrons. The fourth-order valence-corrected chi connectivity index (χ4v) is 4.16. The molecule has 3 heterocycles. The van der Waals surface area contributed by atoms with Crippen LogP contribution in [0.4, 0.5) is 5.82 Å². The third-order valence-corrected chi connectivity index (χ3v) is 5.93. The summed E-state index contributed by atoms with van der Waals surface area (Å²) in [6.45, 7) is 6.00. The molecule has 30 heavy (non-hydrogen) atoms. The average Bonchev–Trinajstić information content (AvgIpc) is 2.74. The Labute approximate surface area is 195 Å². The number of carbonyl (C=O) groups excluding carboxylic acids is 1. The third-order valence-electron chi connectivity index (χ3n) is 5.59. The molecule has 1 aromatic heterocycles. The zero-order valence-corrected chi connectivity index (χ0v) is 19.3.